The third kappa shape index (κ3) is 3.21. The van der Waals surface area contributed by atoms with E-state index in [2.05, 4.69) is 28.3 Å². The van der Waals surface area contributed by atoms with Gasteiger partial charge in [0.1, 0.15) is 5.75 Å². The summed E-state index contributed by atoms with van der Waals surface area (Å²) >= 11 is 0. The number of nitrogens with zero attached hydrogens (tertiary/aromatic N) is 2. The Morgan fingerprint density at radius 3 is 2.68 bits per heavy atom. The molecular weight excluding hydrogens is 274 g/mol. The quantitative estimate of drug-likeness (QED) is 0.648. The van der Waals surface area contributed by atoms with Crippen LogP contribution in [0.5, 0.6) is 5.75 Å². The van der Waals surface area contributed by atoms with E-state index in [4.69, 9.17) is 4.74 Å². The lowest BCUT2D eigenvalue weighted by Crippen LogP contribution is -2.41. The number of benzene rings is 1. The molecule has 2 aliphatic rings. The molecule has 3 rings (SSSR count). The van der Waals surface area contributed by atoms with Gasteiger partial charge in [-0.25, -0.2) is 0 Å². The average Bonchev–Trinajstić information content (AvgIpc) is 3.40. The highest BCUT2D eigenvalue weighted by Gasteiger charge is 2.53. The molecule has 22 heavy (non-hydrogen) atoms. The lowest BCUT2D eigenvalue weighted by atomic mass is 10.0. The molecule has 1 N–H and O–H groups in total. The van der Waals surface area contributed by atoms with Gasteiger partial charge in [-0.15, -0.1) is 0 Å². The Morgan fingerprint density at radius 1 is 1.36 bits per heavy atom. The van der Waals surface area contributed by atoms with Gasteiger partial charge < -0.3 is 15.0 Å². The fourth-order valence-electron chi connectivity index (χ4n) is 3.39. The summed E-state index contributed by atoms with van der Waals surface area (Å²) < 4.78 is 5.44. The maximum Gasteiger partial charge on any atom is 0.193 e. The molecule has 0 unspecified atom stereocenters. The lowest BCUT2D eigenvalue weighted by molar-refractivity contribution is 0.389. The molecule has 0 atom stereocenters. The summed E-state index contributed by atoms with van der Waals surface area (Å²) in [4.78, 5) is 6.61. The Hall–Kier alpha value is -1.71. The van der Waals surface area contributed by atoms with E-state index >= 15 is 0 Å². The van der Waals surface area contributed by atoms with Gasteiger partial charge in [0.15, 0.2) is 5.96 Å². The van der Waals surface area contributed by atoms with Crippen LogP contribution in [0.3, 0.4) is 0 Å². The number of ether oxygens (including phenoxy) is 1. The molecule has 4 nitrogen and oxygen atoms in total. The highest BCUT2D eigenvalue weighted by Crippen LogP contribution is 2.60. The first-order valence-corrected chi connectivity index (χ1v) is 8.22. The van der Waals surface area contributed by atoms with Crippen molar-refractivity contribution in [2.24, 2.45) is 16.3 Å². The van der Waals surface area contributed by atoms with Crippen molar-refractivity contribution in [3.8, 4) is 5.75 Å². The maximum atomic E-state index is 5.44. The van der Waals surface area contributed by atoms with Crippen molar-refractivity contribution in [1.29, 1.82) is 0 Å². The van der Waals surface area contributed by atoms with Gasteiger partial charge in [0.2, 0.25) is 0 Å². The second-order valence-corrected chi connectivity index (χ2v) is 6.71. The van der Waals surface area contributed by atoms with Crippen LogP contribution in [-0.2, 0) is 6.54 Å². The van der Waals surface area contributed by atoms with Crippen LogP contribution in [0.4, 0.5) is 0 Å². The van der Waals surface area contributed by atoms with E-state index in [1.54, 1.807) is 7.11 Å². The Balaban J connectivity index is 1.58. The zero-order chi connectivity index (χ0) is 15.6. The van der Waals surface area contributed by atoms with Crippen molar-refractivity contribution in [2.75, 3.05) is 27.7 Å². The van der Waals surface area contributed by atoms with E-state index in [1.807, 2.05) is 25.2 Å². The highest BCUT2D eigenvalue weighted by molar-refractivity contribution is 5.79. The van der Waals surface area contributed by atoms with Gasteiger partial charge >= 0.3 is 0 Å². The average molecular weight is 301 g/mol. The SMILES string of the molecule is CN=C(NCC1(C2CC2)CC1)N(C)Cc1ccccc1OC. The predicted molar refractivity (Wildman–Crippen MR) is 90.2 cm³/mol. The van der Waals surface area contributed by atoms with Crippen LogP contribution in [-0.4, -0.2) is 38.6 Å². The first-order valence-electron chi connectivity index (χ1n) is 8.22. The topological polar surface area (TPSA) is 36.9 Å². The van der Waals surface area contributed by atoms with Crippen LogP contribution in [0, 0.1) is 11.3 Å². The second kappa shape index (κ2) is 6.19. The number of aliphatic imine (C=N–C) groups is 1. The normalized spacial score (nSPS) is 19.7. The number of guanidine groups is 1. The molecular formula is C18H27N3O. The molecule has 0 amide bonds. The second-order valence-electron chi connectivity index (χ2n) is 6.71. The molecule has 0 aliphatic heterocycles. The molecule has 0 radical (unpaired) electrons. The first-order chi connectivity index (χ1) is 10.7. The van der Waals surface area contributed by atoms with Crippen molar-refractivity contribution in [2.45, 2.75) is 32.2 Å². The van der Waals surface area contributed by atoms with E-state index in [1.165, 1.54) is 31.2 Å². The zero-order valence-electron chi connectivity index (χ0n) is 13.9. The molecule has 0 saturated heterocycles. The highest BCUT2D eigenvalue weighted by atomic mass is 16.5. The molecule has 4 heteroatoms. The minimum atomic E-state index is 0.585. The van der Waals surface area contributed by atoms with Gasteiger partial charge in [-0.2, -0.15) is 0 Å². The van der Waals surface area contributed by atoms with Gasteiger partial charge in [-0.1, -0.05) is 18.2 Å². The van der Waals surface area contributed by atoms with Crippen LogP contribution in [0.15, 0.2) is 29.3 Å². The molecule has 1 aromatic rings. The fourth-order valence-corrected chi connectivity index (χ4v) is 3.39. The van der Waals surface area contributed by atoms with E-state index in [0.29, 0.717) is 5.41 Å². The number of hydrogen-bond acceptors (Lipinski definition) is 2. The summed E-state index contributed by atoms with van der Waals surface area (Å²) in [6, 6.07) is 8.16. The minimum absolute atomic E-state index is 0.585. The third-order valence-electron chi connectivity index (χ3n) is 5.11. The number of para-hydroxylation sites is 1. The molecule has 2 saturated carbocycles. The zero-order valence-corrected chi connectivity index (χ0v) is 13.9. The molecule has 0 spiro atoms. The van der Waals surface area contributed by atoms with Crippen molar-refractivity contribution in [3.05, 3.63) is 29.8 Å². The minimum Gasteiger partial charge on any atom is -0.496 e. The predicted octanol–water partition coefficient (Wildman–Crippen LogP) is 2.89. The first kappa shape index (κ1) is 15.2. The molecule has 0 bridgehead atoms. The van der Waals surface area contributed by atoms with Gasteiger partial charge in [0.25, 0.3) is 0 Å². The van der Waals surface area contributed by atoms with Crippen molar-refractivity contribution in [1.82, 2.24) is 10.2 Å². The van der Waals surface area contributed by atoms with E-state index in [9.17, 15) is 0 Å². The molecule has 2 fully saturated rings. The Kier molecular flexibility index (Phi) is 4.27. The van der Waals surface area contributed by atoms with Gasteiger partial charge in [0, 0.05) is 32.7 Å². The molecule has 2 aliphatic carbocycles. The van der Waals surface area contributed by atoms with Crippen molar-refractivity contribution in [3.63, 3.8) is 0 Å². The summed E-state index contributed by atoms with van der Waals surface area (Å²) in [5.41, 5.74) is 1.76. The third-order valence-corrected chi connectivity index (χ3v) is 5.11. The summed E-state index contributed by atoms with van der Waals surface area (Å²) in [6.45, 7) is 1.86. The van der Waals surface area contributed by atoms with Crippen LogP contribution < -0.4 is 10.1 Å². The lowest BCUT2D eigenvalue weighted by Gasteiger charge is -2.25. The van der Waals surface area contributed by atoms with Gasteiger partial charge in [-0.3, -0.25) is 4.99 Å². The summed E-state index contributed by atoms with van der Waals surface area (Å²) in [7, 11) is 5.66. The molecule has 0 aromatic heterocycles. The Labute approximate surface area is 133 Å². The van der Waals surface area contributed by atoms with Crippen LogP contribution in [0.2, 0.25) is 0 Å². The molecule has 120 valence electrons. The van der Waals surface area contributed by atoms with Gasteiger partial charge in [0.05, 0.1) is 7.11 Å². The van der Waals surface area contributed by atoms with Crippen molar-refractivity contribution < 1.29 is 4.74 Å². The standard InChI is InChI=1S/C18H27N3O/c1-19-17(20-13-18(10-11-18)15-8-9-15)21(2)12-14-6-4-5-7-16(14)22-3/h4-7,15H,8-13H2,1-3H3,(H,19,20). The Bertz CT molecular complexity index is 547. The number of hydrogen-bond donors (Lipinski definition) is 1. The monoisotopic (exact) mass is 301 g/mol. The summed E-state index contributed by atoms with van der Waals surface area (Å²) in [6.07, 6.45) is 5.63. The number of methoxy groups -OCH3 is 1. The van der Waals surface area contributed by atoms with Crippen LogP contribution >= 0.6 is 0 Å². The summed E-state index contributed by atoms with van der Waals surface area (Å²) in [5.74, 6) is 2.87. The maximum absolute atomic E-state index is 5.44. The van der Waals surface area contributed by atoms with Gasteiger partial charge in [-0.05, 0) is 43.1 Å². The molecule has 0 heterocycles. The largest absolute Gasteiger partial charge is 0.496 e. The Morgan fingerprint density at radius 2 is 2.09 bits per heavy atom. The fraction of sp³-hybridized carbons (Fsp3) is 0.611. The molecule has 1 aromatic carbocycles. The summed E-state index contributed by atoms with van der Waals surface area (Å²) in [5, 5.41) is 3.59. The van der Waals surface area contributed by atoms with Crippen LogP contribution in [0.1, 0.15) is 31.2 Å². The van der Waals surface area contributed by atoms with E-state index in [0.717, 1.165) is 30.7 Å². The smallest absolute Gasteiger partial charge is 0.193 e. The van der Waals surface area contributed by atoms with E-state index in [-0.39, 0.29) is 0 Å². The number of nitrogens with one attached hydrogen (secondary N) is 1. The van der Waals surface area contributed by atoms with Crippen molar-refractivity contribution >= 4 is 5.96 Å². The van der Waals surface area contributed by atoms with Crippen LogP contribution in [0.25, 0.3) is 0 Å². The number of rotatable bonds is 6. The van der Waals surface area contributed by atoms with E-state index < -0.39 is 0 Å².